The van der Waals surface area contributed by atoms with Gasteiger partial charge in [0.25, 0.3) is 5.91 Å². The largest absolute Gasteiger partial charge is 0.369 e. The summed E-state index contributed by atoms with van der Waals surface area (Å²) in [5.74, 6) is 1.23. The van der Waals surface area contributed by atoms with Crippen LogP contribution >= 0.6 is 0 Å². The summed E-state index contributed by atoms with van der Waals surface area (Å²) in [6, 6.07) is 8.71. The molecule has 2 aromatic rings. The SMILES string of the molecule is Cc1cnn(C2CCCc3ccccc32)c1NC(=O)C(C)OCCC(C)C. The quantitative estimate of drug-likeness (QED) is 0.781. The normalized spacial score (nSPS) is 17.6. The van der Waals surface area contributed by atoms with E-state index in [4.69, 9.17) is 4.74 Å². The van der Waals surface area contributed by atoms with Crippen molar-refractivity contribution in [2.45, 2.75) is 65.5 Å². The number of aromatic nitrogens is 2. The van der Waals surface area contributed by atoms with E-state index < -0.39 is 6.10 Å². The molecule has 1 amide bonds. The third kappa shape index (κ3) is 4.59. The molecular formula is C22H31N3O2. The Morgan fingerprint density at radius 1 is 1.33 bits per heavy atom. The third-order valence-electron chi connectivity index (χ3n) is 5.29. The molecule has 1 N–H and O–H groups in total. The fraction of sp³-hybridized carbons (Fsp3) is 0.545. The number of hydrogen-bond acceptors (Lipinski definition) is 3. The molecule has 2 atom stereocenters. The maximum absolute atomic E-state index is 12.6. The second kappa shape index (κ2) is 8.70. The molecule has 3 rings (SSSR count). The van der Waals surface area contributed by atoms with Crippen molar-refractivity contribution in [2.75, 3.05) is 11.9 Å². The molecule has 1 aromatic carbocycles. The number of aryl methyl sites for hydroxylation is 2. The first-order valence-corrected chi connectivity index (χ1v) is 10.0. The van der Waals surface area contributed by atoms with Crippen molar-refractivity contribution in [1.82, 2.24) is 9.78 Å². The number of hydrogen-bond donors (Lipinski definition) is 1. The fourth-order valence-corrected chi connectivity index (χ4v) is 3.60. The second-order valence-corrected chi connectivity index (χ2v) is 7.91. The number of benzene rings is 1. The average Bonchev–Trinajstić information content (AvgIpc) is 3.01. The molecule has 27 heavy (non-hydrogen) atoms. The number of rotatable bonds is 7. The second-order valence-electron chi connectivity index (χ2n) is 7.91. The highest BCUT2D eigenvalue weighted by atomic mass is 16.5. The number of nitrogens with one attached hydrogen (secondary N) is 1. The summed E-state index contributed by atoms with van der Waals surface area (Å²) in [6.45, 7) is 8.69. The number of fused-ring (bicyclic) bond motifs is 1. The summed E-state index contributed by atoms with van der Waals surface area (Å²) in [7, 11) is 0. The molecular weight excluding hydrogens is 338 g/mol. The van der Waals surface area contributed by atoms with Crippen LogP contribution in [0, 0.1) is 12.8 Å². The highest BCUT2D eigenvalue weighted by Crippen LogP contribution is 2.35. The highest BCUT2D eigenvalue weighted by molar-refractivity contribution is 5.93. The van der Waals surface area contributed by atoms with E-state index in [-0.39, 0.29) is 11.9 Å². The number of anilines is 1. The fourth-order valence-electron chi connectivity index (χ4n) is 3.60. The number of carbonyl (C=O) groups excluding carboxylic acids is 1. The van der Waals surface area contributed by atoms with E-state index in [0.29, 0.717) is 12.5 Å². The Labute approximate surface area is 162 Å². The molecule has 146 valence electrons. The summed E-state index contributed by atoms with van der Waals surface area (Å²) in [5.41, 5.74) is 3.66. The van der Waals surface area contributed by atoms with Gasteiger partial charge in [0, 0.05) is 12.2 Å². The molecule has 1 aliphatic carbocycles. The summed E-state index contributed by atoms with van der Waals surface area (Å²) in [5, 5.41) is 7.66. The lowest BCUT2D eigenvalue weighted by Gasteiger charge is -2.27. The van der Waals surface area contributed by atoms with E-state index in [1.807, 2.05) is 24.7 Å². The van der Waals surface area contributed by atoms with Gasteiger partial charge in [0.1, 0.15) is 11.9 Å². The van der Waals surface area contributed by atoms with Crippen LogP contribution in [0.4, 0.5) is 5.82 Å². The molecule has 1 aromatic heterocycles. The topological polar surface area (TPSA) is 56.2 Å². The van der Waals surface area contributed by atoms with Gasteiger partial charge in [-0.1, -0.05) is 38.1 Å². The maximum Gasteiger partial charge on any atom is 0.254 e. The summed E-state index contributed by atoms with van der Waals surface area (Å²) < 4.78 is 7.68. The van der Waals surface area contributed by atoms with Crippen LogP contribution in [-0.2, 0) is 16.0 Å². The number of amides is 1. The third-order valence-corrected chi connectivity index (χ3v) is 5.29. The van der Waals surface area contributed by atoms with Gasteiger partial charge < -0.3 is 10.1 Å². The lowest BCUT2D eigenvalue weighted by molar-refractivity contribution is -0.126. The van der Waals surface area contributed by atoms with Crippen LogP contribution in [0.1, 0.15) is 62.8 Å². The van der Waals surface area contributed by atoms with Crippen LogP contribution in [0.15, 0.2) is 30.5 Å². The van der Waals surface area contributed by atoms with Crippen LogP contribution in [0.25, 0.3) is 0 Å². The number of nitrogens with zero attached hydrogens (tertiary/aromatic N) is 2. The van der Waals surface area contributed by atoms with E-state index in [2.05, 4.69) is 48.5 Å². The summed E-state index contributed by atoms with van der Waals surface area (Å²) >= 11 is 0. The van der Waals surface area contributed by atoms with Crippen molar-refractivity contribution in [1.29, 1.82) is 0 Å². The average molecular weight is 370 g/mol. The van der Waals surface area contributed by atoms with Gasteiger partial charge >= 0.3 is 0 Å². The molecule has 0 spiro atoms. The van der Waals surface area contributed by atoms with Gasteiger partial charge in [-0.15, -0.1) is 0 Å². The zero-order valence-corrected chi connectivity index (χ0v) is 16.9. The Morgan fingerprint density at radius 3 is 2.89 bits per heavy atom. The Bertz CT molecular complexity index is 782. The first-order chi connectivity index (χ1) is 13.0. The van der Waals surface area contributed by atoms with Crippen LogP contribution in [-0.4, -0.2) is 28.4 Å². The summed E-state index contributed by atoms with van der Waals surface area (Å²) in [4.78, 5) is 12.6. The molecule has 0 aliphatic heterocycles. The first kappa shape index (κ1) is 19.6. The molecule has 5 nitrogen and oxygen atoms in total. The molecule has 0 bridgehead atoms. The van der Waals surface area contributed by atoms with Crippen LogP contribution < -0.4 is 5.32 Å². The molecule has 0 saturated carbocycles. The summed E-state index contributed by atoms with van der Waals surface area (Å²) in [6.07, 6.45) is 5.56. The van der Waals surface area contributed by atoms with Gasteiger partial charge in [-0.05, 0) is 56.6 Å². The van der Waals surface area contributed by atoms with Crippen molar-refractivity contribution in [2.24, 2.45) is 5.92 Å². The van der Waals surface area contributed by atoms with E-state index in [0.717, 1.165) is 37.1 Å². The van der Waals surface area contributed by atoms with Gasteiger partial charge in [0.05, 0.1) is 12.2 Å². The lowest BCUT2D eigenvalue weighted by atomic mass is 9.88. The van der Waals surface area contributed by atoms with E-state index in [1.165, 1.54) is 11.1 Å². The van der Waals surface area contributed by atoms with Gasteiger partial charge in [0.15, 0.2) is 0 Å². The minimum atomic E-state index is -0.481. The smallest absolute Gasteiger partial charge is 0.254 e. The van der Waals surface area contributed by atoms with Crippen molar-refractivity contribution in [3.05, 3.63) is 47.2 Å². The maximum atomic E-state index is 12.6. The van der Waals surface area contributed by atoms with Gasteiger partial charge in [-0.2, -0.15) is 5.10 Å². The number of carbonyl (C=O) groups is 1. The number of ether oxygens (including phenoxy) is 1. The van der Waals surface area contributed by atoms with Crippen molar-refractivity contribution < 1.29 is 9.53 Å². The monoisotopic (exact) mass is 369 g/mol. The van der Waals surface area contributed by atoms with E-state index >= 15 is 0 Å². The van der Waals surface area contributed by atoms with Crippen LogP contribution in [0.3, 0.4) is 0 Å². The lowest BCUT2D eigenvalue weighted by Crippen LogP contribution is -2.30. The Hall–Kier alpha value is -2.14. The molecule has 1 aliphatic rings. The standard InChI is InChI=1S/C22H31N3O2/c1-15(2)12-13-27-17(4)22(26)24-21-16(3)14-23-25(21)20-11-7-9-18-8-5-6-10-19(18)20/h5-6,8,10,14-15,17,20H,7,9,11-13H2,1-4H3,(H,24,26). The molecule has 5 heteroatoms. The first-order valence-electron chi connectivity index (χ1n) is 10.0. The highest BCUT2D eigenvalue weighted by Gasteiger charge is 2.26. The minimum Gasteiger partial charge on any atom is -0.369 e. The minimum absolute atomic E-state index is 0.118. The molecule has 2 unspecified atom stereocenters. The molecule has 0 radical (unpaired) electrons. The Morgan fingerprint density at radius 2 is 2.11 bits per heavy atom. The molecule has 1 heterocycles. The zero-order valence-electron chi connectivity index (χ0n) is 16.9. The van der Waals surface area contributed by atoms with Crippen LogP contribution in [0.5, 0.6) is 0 Å². The van der Waals surface area contributed by atoms with Crippen LogP contribution in [0.2, 0.25) is 0 Å². The van der Waals surface area contributed by atoms with Crippen molar-refractivity contribution in [3.8, 4) is 0 Å². The molecule has 0 fully saturated rings. The predicted octanol–water partition coefficient (Wildman–Crippen LogP) is 4.51. The van der Waals surface area contributed by atoms with Crippen molar-refractivity contribution >= 4 is 11.7 Å². The predicted molar refractivity (Wildman–Crippen MR) is 108 cm³/mol. The van der Waals surface area contributed by atoms with Gasteiger partial charge in [-0.3, -0.25) is 4.79 Å². The van der Waals surface area contributed by atoms with Gasteiger partial charge in [0.2, 0.25) is 0 Å². The Balaban J connectivity index is 1.75. The van der Waals surface area contributed by atoms with E-state index in [1.54, 1.807) is 0 Å². The zero-order chi connectivity index (χ0) is 19.4. The van der Waals surface area contributed by atoms with Crippen molar-refractivity contribution in [3.63, 3.8) is 0 Å². The van der Waals surface area contributed by atoms with E-state index in [9.17, 15) is 4.79 Å². The Kier molecular flexibility index (Phi) is 6.32. The molecule has 0 saturated heterocycles. The van der Waals surface area contributed by atoms with Gasteiger partial charge in [-0.25, -0.2) is 4.68 Å².